The number of halogens is 3. The van der Waals surface area contributed by atoms with Crippen LogP contribution in [-0.4, -0.2) is 39.5 Å². The summed E-state index contributed by atoms with van der Waals surface area (Å²) in [6, 6.07) is 8.65. The Morgan fingerprint density at radius 3 is 2.46 bits per heavy atom. The van der Waals surface area contributed by atoms with E-state index < -0.39 is 11.7 Å². The molecule has 0 fully saturated rings. The van der Waals surface area contributed by atoms with Crippen molar-refractivity contribution in [2.45, 2.75) is 6.92 Å². The number of carbonyl (C=O) groups is 1. The van der Waals surface area contributed by atoms with Gasteiger partial charge in [-0.05, 0) is 24.6 Å². The molecule has 0 radical (unpaired) electrons. The van der Waals surface area contributed by atoms with Crippen LogP contribution in [0.1, 0.15) is 5.56 Å². The molecule has 3 heterocycles. The van der Waals surface area contributed by atoms with Crippen molar-refractivity contribution in [3.05, 3.63) is 76.9 Å². The van der Waals surface area contributed by atoms with Gasteiger partial charge in [0.2, 0.25) is 5.95 Å². The summed E-state index contributed by atoms with van der Waals surface area (Å²) in [5, 5.41) is 6.90. The van der Waals surface area contributed by atoms with E-state index in [1.165, 1.54) is 14.2 Å². The lowest BCUT2D eigenvalue weighted by molar-refractivity contribution is -0.114. The molecule has 0 saturated heterocycles. The molecule has 0 unspecified atom stereocenters. The molecule has 1 amide bonds. The van der Waals surface area contributed by atoms with Gasteiger partial charge in [0.15, 0.2) is 11.5 Å². The Bertz CT molecular complexity index is 1760. The molecule has 39 heavy (non-hydrogen) atoms. The number of anilines is 3. The summed E-state index contributed by atoms with van der Waals surface area (Å²) in [7, 11) is 3.01. The van der Waals surface area contributed by atoms with Crippen LogP contribution in [0.2, 0.25) is 10.0 Å². The molecule has 9 nitrogen and oxygen atoms in total. The number of nitrogens with one attached hydrogen (secondary N) is 2. The third kappa shape index (κ3) is 4.68. The lowest BCUT2D eigenvalue weighted by Crippen LogP contribution is -2.13. The lowest BCUT2D eigenvalue weighted by atomic mass is 10.0. The van der Waals surface area contributed by atoms with E-state index in [1.54, 1.807) is 41.2 Å². The fraction of sp³-hybridized carbons (Fsp3) is 0.111. The maximum Gasteiger partial charge on any atom is 0.283 e. The minimum atomic E-state index is -1.10. The number of pyridine rings is 1. The van der Waals surface area contributed by atoms with Gasteiger partial charge in [0.05, 0.1) is 35.6 Å². The summed E-state index contributed by atoms with van der Waals surface area (Å²) in [6.45, 7) is 4.87. The number of rotatable bonds is 7. The van der Waals surface area contributed by atoms with E-state index in [0.717, 1.165) is 5.56 Å². The highest BCUT2D eigenvalue weighted by molar-refractivity contribution is 6.41. The number of para-hydroxylation sites is 1. The third-order valence-corrected chi connectivity index (χ3v) is 6.80. The fourth-order valence-electron chi connectivity index (χ4n) is 4.18. The van der Waals surface area contributed by atoms with Gasteiger partial charge >= 0.3 is 0 Å². The van der Waals surface area contributed by atoms with Gasteiger partial charge in [0.1, 0.15) is 17.1 Å². The molecule has 2 N–H and O–H groups in total. The van der Waals surface area contributed by atoms with E-state index in [9.17, 15) is 9.18 Å². The molecule has 0 aliphatic rings. The number of hydrogen-bond donors (Lipinski definition) is 2. The van der Waals surface area contributed by atoms with Gasteiger partial charge in [-0.3, -0.25) is 9.20 Å². The SMILES string of the molecule is C=C(F)C(=O)Nc1cccc(C)c1Nc1ncc2cc(-c3c(Cl)c(OC)cc(OC)c3Cl)c3nccn3c2n1. The van der Waals surface area contributed by atoms with Crippen LogP contribution in [0.5, 0.6) is 11.5 Å². The Labute approximate surface area is 232 Å². The van der Waals surface area contributed by atoms with Crippen LogP contribution in [0.25, 0.3) is 27.8 Å². The second-order valence-corrected chi connectivity index (χ2v) is 9.17. The predicted octanol–water partition coefficient (Wildman–Crippen LogP) is 6.74. The number of hydrogen-bond acceptors (Lipinski definition) is 7. The van der Waals surface area contributed by atoms with Crippen LogP contribution in [-0.2, 0) is 4.79 Å². The minimum Gasteiger partial charge on any atom is -0.495 e. The van der Waals surface area contributed by atoms with Crippen molar-refractivity contribution in [2.75, 3.05) is 24.9 Å². The lowest BCUT2D eigenvalue weighted by Gasteiger charge is -2.17. The van der Waals surface area contributed by atoms with Gasteiger partial charge in [-0.15, -0.1) is 0 Å². The Morgan fingerprint density at radius 2 is 1.79 bits per heavy atom. The number of methoxy groups -OCH3 is 2. The van der Waals surface area contributed by atoms with Gasteiger partial charge in [-0.1, -0.05) is 41.9 Å². The quantitative estimate of drug-likeness (QED) is 0.210. The number of carbonyl (C=O) groups excluding carboxylic acids is 1. The Balaban J connectivity index is 1.64. The third-order valence-electron chi connectivity index (χ3n) is 6.05. The Morgan fingerprint density at radius 1 is 1.08 bits per heavy atom. The highest BCUT2D eigenvalue weighted by Gasteiger charge is 2.23. The number of ether oxygens (including phenoxy) is 2. The van der Waals surface area contributed by atoms with Crippen molar-refractivity contribution in [1.82, 2.24) is 19.4 Å². The molecular formula is C27H21Cl2FN6O3. The summed E-state index contributed by atoms with van der Waals surface area (Å²) in [5.74, 6) is -1.01. The molecule has 0 spiro atoms. The first-order valence-electron chi connectivity index (χ1n) is 11.5. The van der Waals surface area contributed by atoms with Crippen LogP contribution >= 0.6 is 23.2 Å². The number of nitrogens with zero attached hydrogens (tertiary/aromatic N) is 4. The van der Waals surface area contributed by atoms with Crippen molar-refractivity contribution in [2.24, 2.45) is 0 Å². The standard InChI is InChI=1S/C27H21Cl2FN6O3/c1-13-6-5-7-17(33-26(37)14(2)30)23(13)34-27-32-12-15-10-16(25-31-8-9-36(25)24(15)35-27)20-21(28)18(38-3)11-19(39-4)22(20)29/h5-12H,2H2,1,3-4H3,(H,33,37)(H,32,34,35). The molecule has 5 rings (SSSR count). The molecular weight excluding hydrogens is 546 g/mol. The Kier molecular flexibility index (Phi) is 6.98. The molecule has 5 aromatic rings. The fourth-order valence-corrected chi connectivity index (χ4v) is 4.88. The second kappa shape index (κ2) is 10.4. The zero-order chi connectivity index (χ0) is 27.8. The summed E-state index contributed by atoms with van der Waals surface area (Å²) >= 11 is 13.4. The van der Waals surface area contributed by atoms with Crippen LogP contribution in [0.4, 0.5) is 21.7 Å². The number of aromatic nitrogens is 4. The van der Waals surface area contributed by atoms with E-state index in [2.05, 4.69) is 27.2 Å². The van der Waals surface area contributed by atoms with Gasteiger partial charge in [-0.2, -0.15) is 4.98 Å². The number of imidazole rings is 1. The number of aryl methyl sites for hydroxylation is 1. The molecule has 0 bridgehead atoms. The zero-order valence-electron chi connectivity index (χ0n) is 21.0. The maximum absolute atomic E-state index is 13.3. The highest BCUT2D eigenvalue weighted by atomic mass is 35.5. The van der Waals surface area contributed by atoms with Gasteiger partial charge in [0.25, 0.3) is 5.91 Å². The maximum atomic E-state index is 13.3. The van der Waals surface area contributed by atoms with Crippen LogP contribution in [0.15, 0.2) is 61.3 Å². The highest BCUT2D eigenvalue weighted by Crippen LogP contribution is 2.47. The van der Waals surface area contributed by atoms with Crippen molar-refractivity contribution in [3.8, 4) is 22.6 Å². The van der Waals surface area contributed by atoms with E-state index in [-0.39, 0.29) is 5.95 Å². The first kappa shape index (κ1) is 26.2. The second-order valence-electron chi connectivity index (χ2n) is 8.42. The Hall–Kier alpha value is -4.41. The topological polar surface area (TPSA) is 103 Å². The van der Waals surface area contributed by atoms with Crippen LogP contribution in [0, 0.1) is 6.92 Å². The summed E-state index contributed by atoms with van der Waals surface area (Å²) in [5.41, 5.74) is 3.83. The average molecular weight is 567 g/mol. The summed E-state index contributed by atoms with van der Waals surface area (Å²) in [4.78, 5) is 25.6. The van der Waals surface area contributed by atoms with E-state index in [0.29, 0.717) is 60.7 Å². The number of benzene rings is 2. The minimum absolute atomic E-state index is 0.244. The number of amides is 1. The number of fused-ring (bicyclic) bond motifs is 3. The molecule has 0 saturated carbocycles. The van der Waals surface area contributed by atoms with Crippen LogP contribution in [0.3, 0.4) is 0 Å². The van der Waals surface area contributed by atoms with Crippen molar-refractivity contribution in [3.63, 3.8) is 0 Å². The molecule has 0 aliphatic heterocycles. The van der Waals surface area contributed by atoms with E-state index in [4.69, 9.17) is 37.7 Å². The molecule has 0 aliphatic carbocycles. The molecule has 3 aromatic heterocycles. The predicted molar refractivity (Wildman–Crippen MR) is 150 cm³/mol. The van der Waals surface area contributed by atoms with Gasteiger partial charge < -0.3 is 20.1 Å². The first-order chi connectivity index (χ1) is 18.7. The largest absolute Gasteiger partial charge is 0.495 e. The molecule has 0 atom stereocenters. The summed E-state index contributed by atoms with van der Waals surface area (Å²) in [6.07, 6.45) is 5.02. The summed E-state index contributed by atoms with van der Waals surface area (Å²) < 4.78 is 26.0. The molecule has 198 valence electrons. The van der Waals surface area contributed by atoms with E-state index in [1.807, 2.05) is 19.1 Å². The molecule has 12 heteroatoms. The van der Waals surface area contributed by atoms with E-state index >= 15 is 0 Å². The van der Waals surface area contributed by atoms with Crippen molar-refractivity contribution in [1.29, 1.82) is 0 Å². The van der Waals surface area contributed by atoms with Gasteiger partial charge in [0, 0.05) is 41.2 Å². The van der Waals surface area contributed by atoms with Crippen LogP contribution < -0.4 is 20.1 Å². The first-order valence-corrected chi connectivity index (χ1v) is 12.2. The van der Waals surface area contributed by atoms with Crippen molar-refractivity contribution >= 4 is 63.1 Å². The van der Waals surface area contributed by atoms with Crippen molar-refractivity contribution < 1.29 is 18.7 Å². The monoisotopic (exact) mass is 566 g/mol. The smallest absolute Gasteiger partial charge is 0.283 e. The average Bonchev–Trinajstić information content (AvgIpc) is 3.41. The zero-order valence-corrected chi connectivity index (χ0v) is 22.5. The molecule has 2 aromatic carbocycles. The normalized spacial score (nSPS) is 11.0. The van der Waals surface area contributed by atoms with Gasteiger partial charge in [-0.25, -0.2) is 14.4 Å².